The fraction of sp³-hybridized carbons (Fsp3) is 0.840. The maximum atomic E-state index is 12.9. The number of hydrogen-bond acceptors (Lipinski definition) is 11. The van der Waals surface area contributed by atoms with E-state index in [4.69, 9.17) is 14.2 Å². The van der Waals surface area contributed by atoms with Gasteiger partial charge < -0.3 is 14.2 Å². The maximum Gasteiger partial charge on any atom is 0.410 e. The summed E-state index contributed by atoms with van der Waals surface area (Å²) in [6.45, 7) is 6.12. The number of tetrazole rings is 1. The van der Waals surface area contributed by atoms with Gasteiger partial charge in [-0.1, -0.05) is 0 Å². The van der Waals surface area contributed by atoms with Gasteiger partial charge in [-0.25, -0.2) is 9.59 Å². The lowest BCUT2D eigenvalue weighted by atomic mass is 9.69. The summed E-state index contributed by atoms with van der Waals surface area (Å²) in [7, 11) is 1.34. The molecule has 3 fully saturated rings. The molecule has 12 nitrogen and oxygen atoms in total. The highest BCUT2D eigenvalue weighted by Crippen LogP contribution is 2.42. The molecule has 38 heavy (non-hydrogen) atoms. The minimum absolute atomic E-state index is 0.0414. The minimum atomic E-state index is -0.625. The number of nitrogens with zero attached hydrogens (tertiary/aromatic N) is 6. The Morgan fingerprint density at radius 2 is 1.71 bits per heavy atom. The van der Waals surface area contributed by atoms with Gasteiger partial charge >= 0.3 is 18.0 Å². The topological polar surface area (TPSA) is 129 Å². The second-order valence-corrected chi connectivity index (χ2v) is 11.3. The van der Waals surface area contributed by atoms with Gasteiger partial charge in [0.15, 0.2) is 5.82 Å². The highest BCUT2D eigenvalue weighted by atomic mass is 32.2. The van der Waals surface area contributed by atoms with Crippen LogP contribution >= 0.6 is 11.8 Å². The van der Waals surface area contributed by atoms with Gasteiger partial charge in [-0.15, -0.1) is 10.2 Å². The molecule has 0 N–H and O–H groups in total. The van der Waals surface area contributed by atoms with Gasteiger partial charge in [-0.05, 0) is 75.2 Å². The highest BCUT2D eigenvalue weighted by molar-refractivity contribution is 7.97. The molecule has 0 radical (unpaired) electrons. The lowest BCUT2D eigenvalue weighted by Crippen LogP contribution is -2.55. The molecule has 3 aliphatic rings. The highest BCUT2D eigenvalue weighted by Gasteiger charge is 2.46. The van der Waals surface area contributed by atoms with Crippen LogP contribution in [0, 0.1) is 17.8 Å². The number of fused-ring (bicyclic) bond motifs is 1. The summed E-state index contributed by atoms with van der Waals surface area (Å²) in [4.78, 5) is 43.4. The fourth-order valence-corrected chi connectivity index (χ4v) is 6.73. The van der Waals surface area contributed by atoms with E-state index >= 15 is 0 Å². The average Bonchev–Trinajstić information content (AvgIpc) is 3.55. The van der Waals surface area contributed by atoms with E-state index in [2.05, 4.69) is 20.3 Å². The van der Waals surface area contributed by atoms with Crippen LogP contribution < -0.4 is 0 Å². The Kier molecular flexibility index (Phi) is 9.85. The Balaban J connectivity index is 1.43. The normalized spacial score (nSPS) is 29.5. The first-order valence-corrected chi connectivity index (χ1v) is 15.0. The first kappa shape index (κ1) is 28.6. The number of carbonyl (C=O) groups excluding carboxylic acids is 3. The molecule has 3 heterocycles. The Morgan fingerprint density at radius 3 is 2.39 bits per heavy atom. The first-order chi connectivity index (χ1) is 18.4. The summed E-state index contributed by atoms with van der Waals surface area (Å²) in [6, 6.07) is -1.01. The van der Waals surface area contributed by atoms with Crippen LogP contribution in [0.25, 0.3) is 0 Å². The lowest BCUT2D eigenvalue weighted by Gasteiger charge is -2.46. The third-order valence-electron chi connectivity index (χ3n) is 8.05. The summed E-state index contributed by atoms with van der Waals surface area (Å²) in [5.74, 6) is 1.80. The van der Waals surface area contributed by atoms with Crippen LogP contribution in [0.2, 0.25) is 0 Å². The number of ether oxygens (including phenoxy) is 3. The molecule has 1 saturated carbocycles. The fourth-order valence-electron chi connectivity index (χ4n) is 6.35. The molecule has 0 spiro atoms. The number of esters is 2. The zero-order valence-electron chi connectivity index (χ0n) is 22.8. The predicted octanol–water partition coefficient (Wildman–Crippen LogP) is 2.15. The van der Waals surface area contributed by atoms with E-state index in [0.717, 1.165) is 25.8 Å². The molecule has 1 aromatic heterocycles. The van der Waals surface area contributed by atoms with Crippen LogP contribution in [0.3, 0.4) is 0 Å². The van der Waals surface area contributed by atoms with E-state index in [1.807, 2.05) is 13.2 Å². The minimum Gasteiger partial charge on any atom is -0.465 e. The smallest absolute Gasteiger partial charge is 0.410 e. The predicted molar refractivity (Wildman–Crippen MR) is 139 cm³/mol. The molecule has 212 valence electrons. The van der Waals surface area contributed by atoms with E-state index in [0.29, 0.717) is 61.9 Å². The van der Waals surface area contributed by atoms with E-state index in [1.165, 1.54) is 12.0 Å². The van der Waals surface area contributed by atoms with Crippen molar-refractivity contribution in [3.05, 3.63) is 5.82 Å². The van der Waals surface area contributed by atoms with Gasteiger partial charge in [0.1, 0.15) is 12.1 Å². The summed E-state index contributed by atoms with van der Waals surface area (Å²) in [6.07, 6.45) is 5.57. The van der Waals surface area contributed by atoms with Gasteiger partial charge in [0.05, 0.1) is 32.1 Å². The second kappa shape index (κ2) is 13.1. The van der Waals surface area contributed by atoms with Crippen molar-refractivity contribution in [2.45, 2.75) is 69.8 Å². The number of hydrogen-bond donors (Lipinski definition) is 0. The average molecular weight is 553 g/mol. The van der Waals surface area contributed by atoms with Gasteiger partial charge in [0, 0.05) is 19.6 Å². The van der Waals surface area contributed by atoms with Crippen molar-refractivity contribution in [3.63, 3.8) is 0 Å². The van der Waals surface area contributed by atoms with E-state index in [-0.39, 0.29) is 30.6 Å². The molecule has 6 atom stereocenters. The summed E-state index contributed by atoms with van der Waals surface area (Å²) in [5, 5.41) is 12.9. The molecule has 4 rings (SSSR count). The Hall–Kier alpha value is -2.41. The third kappa shape index (κ3) is 6.41. The van der Waals surface area contributed by atoms with Crippen molar-refractivity contribution < 1.29 is 28.6 Å². The molecule has 13 heteroatoms. The van der Waals surface area contributed by atoms with Crippen molar-refractivity contribution in [3.8, 4) is 0 Å². The maximum absolute atomic E-state index is 12.9. The van der Waals surface area contributed by atoms with Crippen LogP contribution in [0.5, 0.6) is 0 Å². The molecule has 0 bridgehead atoms. The van der Waals surface area contributed by atoms with Crippen molar-refractivity contribution in [2.24, 2.45) is 17.8 Å². The van der Waals surface area contributed by atoms with Crippen molar-refractivity contribution in [1.29, 1.82) is 0 Å². The van der Waals surface area contributed by atoms with Crippen LogP contribution in [0.15, 0.2) is 0 Å². The number of likely N-dealkylation sites (tertiary alicyclic amines) is 2. The number of carbonyl (C=O) groups is 3. The molecule has 1 aliphatic carbocycles. The molecular weight excluding hydrogens is 512 g/mol. The van der Waals surface area contributed by atoms with E-state index < -0.39 is 12.1 Å². The second-order valence-electron chi connectivity index (χ2n) is 10.4. The number of thioether (sulfide) groups is 1. The zero-order chi connectivity index (χ0) is 27.2. The molecule has 2 aliphatic heterocycles. The van der Waals surface area contributed by atoms with Crippen molar-refractivity contribution >= 4 is 29.8 Å². The van der Waals surface area contributed by atoms with Gasteiger partial charge in [-0.3, -0.25) is 14.6 Å². The van der Waals surface area contributed by atoms with Gasteiger partial charge in [0.2, 0.25) is 0 Å². The number of aromatic nitrogens is 4. The van der Waals surface area contributed by atoms with Gasteiger partial charge in [0.25, 0.3) is 0 Å². The monoisotopic (exact) mass is 552 g/mol. The molecule has 6 unspecified atom stereocenters. The lowest BCUT2D eigenvalue weighted by molar-refractivity contribution is -0.153. The number of methoxy groups -OCH3 is 1. The number of rotatable bonds is 9. The van der Waals surface area contributed by atoms with Crippen LogP contribution in [-0.2, 0) is 29.6 Å². The quantitative estimate of drug-likeness (QED) is 0.330. The van der Waals surface area contributed by atoms with Crippen LogP contribution in [0.1, 0.15) is 57.8 Å². The van der Waals surface area contributed by atoms with Gasteiger partial charge in [-0.2, -0.15) is 16.6 Å². The zero-order valence-corrected chi connectivity index (χ0v) is 23.6. The molecule has 2 saturated heterocycles. The molecule has 0 aromatic carbocycles. The summed E-state index contributed by atoms with van der Waals surface area (Å²) in [5.41, 5.74) is 0. The Bertz CT molecular complexity index is 978. The van der Waals surface area contributed by atoms with Crippen LogP contribution in [-0.4, -0.2) is 106 Å². The number of amides is 1. The largest absolute Gasteiger partial charge is 0.465 e. The van der Waals surface area contributed by atoms with Crippen molar-refractivity contribution in [1.82, 2.24) is 30.0 Å². The van der Waals surface area contributed by atoms with E-state index in [9.17, 15) is 14.4 Å². The number of piperidine rings is 1. The SMILES string of the molecule is CCOC(=O)C1CC(n2nnc(CSC)n2)CN1CC1CCC2CN(C(=O)OC)C(C(=O)OCC)CC2C1. The van der Waals surface area contributed by atoms with Crippen molar-refractivity contribution in [2.75, 3.05) is 46.2 Å². The molecule has 1 amide bonds. The first-order valence-electron chi connectivity index (χ1n) is 13.6. The van der Waals surface area contributed by atoms with Crippen LogP contribution in [0.4, 0.5) is 4.79 Å². The summed E-state index contributed by atoms with van der Waals surface area (Å²) >= 11 is 1.64. The van der Waals surface area contributed by atoms with E-state index in [1.54, 1.807) is 23.5 Å². The molecular formula is C25H40N6O6S. The molecule has 1 aromatic rings. The third-order valence-corrected chi connectivity index (χ3v) is 8.60. The Labute approximate surface area is 228 Å². The Morgan fingerprint density at radius 1 is 0.974 bits per heavy atom. The standard InChI is InChI=1S/C25H40N6O6S/c1-5-36-23(32)20-11-19(31-27-22(15-38-4)26-28-31)14-29(20)12-16-7-8-17-13-30(25(34)35-3)21(10-18(17)9-16)24(33)37-6-2/h16-21H,5-15H2,1-4H3. The summed E-state index contributed by atoms with van der Waals surface area (Å²) < 4.78 is 15.7.